The number of piperidine rings is 1. The molecule has 122 valence electrons. The molecule has 1 aromatic carbocycles. The van der Waals surface area contributed by atoms with E-state index in [-0.39, 0.29) is 0 Å². The molecular formula is C16H19N3O4. The Morgan fingerprint density at radius 1 is 1.09 bits per heavy atom. The summed E-state index contributed by atoms with van der Waals surface area (Å²) >= 11 is 0. The van der Waals surface area contributed by atoms with Crippen LogP contribution in [0.3, 0.4) is 0 Å². The van der Waals surface area contributed by atoms with Crippen molar-refractivity contribution in [2.24, 2.45) is 0 Å². The van der Waals surface area contributed by atoms with Crippen LogP contribution in [0.2, 0.25) is 0 Å². The van der Waals surface area contributed by atoms with E-state index in [9.17, 15) is 0 Å². The molecule has 1 aromatic heterocycles. The zero-order chi connectivity index (χ0) is 15.7. The zero-order valence-corrected chi connectivity index (χ0v) is 13.0. The number of benzene rings is 1. The van der Waals surface area contributed by atoms with E-state index in [4.69, 9.17) is 18.7 Å². The summed E-state index contributed by atoms with van der Waals surface area (Å²) in [5.41, 5.74) is 0.900. The summed E-state index contributed by atoms with van der Waals surface area (Å²) in [7, 11) is 1.64. The molecule has 7 nitrogen and oxygen atoms in total. The van der Waals surface area contributed by atoms with E-state index in [0.29, 0.717) is 25.1 Å². The molecule has 7 heteroatoms. The molecule has 0 unspecified atom stereocenters. The predicted molar refractivity (Wildman–Crippen MR) is 82.4 cm³/mol. The molecule has 3 heterocycles. The largest absolute Gasteiger partial charge is 0.497 e. The second-order valence-electron chi connectivity index (χ2n) is 5.72. The topological polar surface area (TPSA) is 69.9 Å². The molecule has 23 heavy (non-hydrogen) atoms. The maximum atomic E-state index is 5.73. The van der Waals surface area contributed by atoms with Gasteiger partial charge in [0.15, 0.2) is 5.79 Å². The molecule has 0 radical (unpaired) electrons. The quantitative estimate of drug-likeness (QED) is 0.858. The number of methoxy groups -OCH3 is 1. The van der Waals surface area contributed by atoms with Crippen LogP contribution in [-0.2, 0) is 9.47 Å². The van der Waals surface area contributed by atoms with Gasteiger partial charge in [0, 0.05) is 31.5 Å². The first-order valence-corrected chi connectivity index (χ1v) is 7.79. The minimum atomic E-state index is -0.394. The van der Waals surface area contributed by atoms with E-state index in [2.05, 4.69) is 15.0 Å². The fraction of sp³-hybridized carbons (Fsp3) is 0.500. The van der Waals surface area contributed by atoms with Gasteiger partial charge in [0.2, 0.25) is 5.82 Å². The molecule has 2 aromatic rings. The van der Waals surface area contributed by atoms with Gasteiger partial charge >= 0.3 is 6.01 Å². The zero-order valence-electron chi connectivity index (χ0n) is 13.0. The van der Waals surface area contributed by atoms with Crippen LogP contribution in [0.1, 0.15) is 12.8 Å². The number of ether oxygens (including phenoxy) is 3. The van der Waals surface area contributed by atoms with Crippen LogP contribution in [-0.4, -0.2) is 49.3 Å². The van der Waals surface area contributed by atoms with Crippen LogP contribution in [0.5, 0.6) is 5.75 Å². The van der Waals surface area contributed by atoms with Crippen LogP contribution in [0.15, 0.2) is 28.8 Å². The summed E-state index contributed by atoms with van der Waals surface area (Å²) in [6.45, 7) is 2.93. The molecule has 0 aliphatic carbocycles. The molecule has 1 spiro atoms. The van der Waals surface area contributed by atoms with E-state index in [0.717, 1.165) is 37.2 Å². The molecule has 0 bridgehead atoms. The van der Waals surface area contributed by atoms with Crippen LogP contribution in [0, 0.1) is 0 Å². The van der Waals surface area contributed by atoms with Crippen LogP contribution >= 0.6 is 0 Å². The lowest BCUT2D eigenvalue weighted by Crippen LogP contribution is -2.45. The predicted octanol–water partition coefficient (Wildman–Crippen LogP) is 2.09. The molecule has 0 atom stereocenters. The average molecular weight is 317 g/mol. The van der Waals surface area contributed by atoms with Gasteiger partial charge in [-0.3, -0.25) is 0 Å². The van der Waals surface area contributed by atoms with Crippen LogP contribution in [0.4, 0.5) is 6.01 Å². The van der Waals surface area contributed by atoms with E-state index >= 15 is 0 Å². The van der Waals surface area contributed by atoms with Gasteiger partial charge in [0.25, 0.3) is 0 Å². The van der Waals surface area contributed by atoms with Gasteiger partial charge in [0.05, 0.1) is 20.3 Å². The fourth-order valence-electron chi connectivity index (χ4n) is 3.03. The normalized spacial score (nSPS) is 20.1. The highest BCUT2D eigenvalue weighted by Gasteiger charge is 2.40. The molecule has 0 saturated carbocycles. The molecule has 2 aliphatic rings. The van der Waals surface area contributed by atoms with Crippen LogP contribution < -0.4 is 9.64 Å². The van der Waals surface area contributed by atoms with Gasteiger partial charge in [-0.25, -0.2) is 0 Å². The van der Waals surface area contributed by atoms with Crippen molar-refractivity contribution in [1.29, 1.82) is 0 Å². The van der Waals surface area contributed by atoms with Gasteiger partial charge in [0.1, 0.15) is 5.75 Å². The maximum absolute atomic E-state index is 5.73. The molecular weight excluding hydrogens is 298 g/mol. The lowest BCUT2D eigenvalue weighted by molar-refractivity contribution is -0.169. The summed E-state index contributed by atoms with van der Waals surface area (Å²) in [5.74, 6) is 0.988. The number of nitrogens with zero attached hydrogens (tertiary/aromatic N) is 3. The second-order valence-corrected chi connectivity index (χ2v) is 5.72. The van der Waals surface area contributed by atoms with Crippen molar-refractivity contribution in [3.05, 3.63) is 24.3 Å². The van der Waals surface area contributed by atoms with Gasteiger partial charge in [-0.1, -0.05) is 5.16 Å². The molecule has 0 amide bonds. The number of rotatable bonds is 3. The Kier molecular flexibility index (Phi) is 3.66. The Morgan fingerprint density at radius 3 is 2.43 bits per heavy atom. The highest BCUT2D eigenvalue weighted by atomic mass is 16.7. The third-order valence-electron chi connectivity index (χ3n) is 4.37. The summed E-state index contributed by atoms with van der Waals surface area (Å²) in [6, 6.07) is 8.14. The van der Waals surface area contributed by atoms with E-state index in [1.807, 2.05) is 24.3 Å². The molecule has 2 fully saturated rings. The van der Waals surface area contributed by atoms with Crippen molar-refractivity contribution in [1.82, 2.24) is 10.1 Å². The summed E-state index contributed by atoms with van der Waals surface area (Å²) < 4.78 is 22.0. The van der Waals surface area contributed by atoms with E-state index in [1.165, 1.54) is 0 Å². The molecule has 4 rings (SSSR count). The lowest BCUT2D eigenvalue weighted by Gasteiger charge is -2.36. The minimum absolute atomic E-state index is 0.394. The third kappa shape index (κ3) is 2.77. The smallest absolute Gasteiger partial charge is 0.324 e. The first-order valence-electron chi connectivity index (χ1n) is 7.79. The first kappa shape index (κ1) is 14.5. The van der Waals surface area contributed by atoms with Crippen molar-refractivity contribution in [3.63, 3.8) is 0 Å². The van der Waals surface area contributed by atoms with Crippen LogP contribution in [0.25, 0.3) is 11.4 Å². The Hall–Kier alpha value is -2.12. The maximum Gasteiger partial charge on any atom is 0.324 e. The number of hydrogen-bond acceptors (Lipinski definition) is 7. The monoisotopic (exact) mass is 317 g/mol. The molecule has 0 N–H and O–H groups in total. The molecule has 2 saturated heterocycles. The van der Waals surface area contributed by atoms with Crippen molar-refractivity contribution >= 4 is 6.01 Å². The number of anilines is 1. The van der Waals surface area contributed by atoms with Gasteiger partial charge in [-0.2, -0.15) is 4.98 Å². The molecule has 2 aliphatic heterocycles. The van der Waals surface area contributed by atoms with Gasteiger partial charge in [-0.15, -0.1) is 0 Å². The highest BCUT2D eigenvalue weighted by molar-refractivity contribution is 5.56. The Labute approximate surface area is 134 Å². The van der Waals surface area contributed by atoms with E-state index in [1.54, 1.807) is 7.11 Å². The summed E-state index contributed by atoms with van der Waals surface area (Å²) in [4.78, 5) is 6.58. The van der Waals surface area contributed by atoms with Crippen molar-refractivity contribution in [2.45, 2.75) is 18.6 Å². The van der Waals surface area contributed by atoms with E-state index < -0.39 is 5.79 Å². The lowest BCUT2D eigenvalue weighted by atomic mass is 10.0. The van der Waals surface area contributed by atoms with Gasteiger partial charge in [-0.05, 0) is 24.3 Å². The average Bonchev–Trinajstić information content (AvgIpc) is 3.26. The number of aromatic nitrogens is 2. The minimum Gasteiger partial charge on any atom is -0.497 e. The summed E-state index contributed by atoms with van der Waals surface area (Å²) in [5, 5.41) is 4.08. The van der Waals surface area contributed by atoms with Crippen molar-refractivity contribution in [3.8, 4) is 17.1 Å². The fourth-order valence-corrected chi connectivity index (χ4v) is 3.03. The number of hydrogen-bond donors (Lipinski definition) is 0. The Balaban J connectivity index is 1.45. The summed E-state index contributed by atoms with van der Waals surface area (Å²) in [6.07, 6.45) is 1.63. The van der Waals surface area contributed by atoms with Crippen molar-refractivity contribution < 1.29 is 18.7 Å². The third-order valence-corrected chi connectivity index (χ3v) is 4.37. The standard InChI is InChI=1S/C16H19N3O4/c1-20-13-4-2-12(3-5-13)14-17-15(23-18-14)19-8-6-16(7-9-19)21-10-11-22-16/h2-5H,6-11H2,1H3. The van der Waals surface area contributed by atoms with Gasteiger partial charge < -0.3 is 23.6 Å². The highest BCUT2D eigenvalue weighted by Crippen LogP contribution is 2.33. The van der Waals surface area contributed by atoms with Crippen molar-refractivity contribution in [2.75, 3.05) is 38.3 Å². The second kappa shape index (κ2) is 5.82. The SMILES string of the molecule is COc1ccc(-c2noc(N3CCC4(CC3)OCCO4)n2)cc1. The Morgan fingerprint density at radius 2 is 1.78 bits per heavy atom. The first-order chi connectivity index (χ1) is 11.3. The Bertz CT molecular complexity index is 654.